The molecule has 0 spiro atoms. The minimum atomic E-state index is -0.690. The van der Waals surface area contributed by atoms with Crippen LogP contribution in [0.2, 0.25) is 5.02 Å². The van der Waals surface area contributed by atoms with Gasteiger partial charge in [0.2, 0.25) is 0 Å². The number of ether oxygens (including phenoxy) is 1. The summed E-state index contributed by atoms with van der Waals surface area (Å²) in [6.45, 7) is 1.87. The Balaban J connectivity index is 2.44. The van der Waals surface area contributed by atoms with Gasteiger partial charge in [0, 0.05) is 22.1 Å². The van der Waals surface area contributed by atoms with E-state index in [1.54, 1.807) is 31.2 Å². The number of amides is 2. The number of hydrogen-bond acceptors (Lipinski definition) is 5. The lowest BCUT2D eigenvalue weighted by molar-refractivity contribution is -0.137. The van der Waals surface area contributed by atoms with Crippen molar-refractivity contribution in [3.8, 4) is 0 Å². The molecule has 0 aliphatic rings. The van der Waals surface area contributed by atoms with Gasteiger partial charge in [0.25, 0.3) is 11.1 Å². The lowest BCUT2D eigenvalue weighted by atomic mass is 10.4. The molecule has 5 nitrogen and oxygen atoms in total. The van der Waals surface area contributed by atoms with Gasteiger partial charge in [-0.25, -0.2) is 4.79 Å². The highest BCUT2D eigenvalue weighted by Gasteiger charge is 2.08. The van der Waals surface area contributed by atoms with Gasteiger partial charge in [-0.1, -0.05) is 11.6 Å². The molecular formula is C13H12ClNO4S. The van der Waals surface area contributed by atoms with E-state index in [0.717, 1.165) is 23.9 Å². The Hall–Kier alpha value is -1.79. The molecule has 2 amide bonds. The molecule has 0 saturated heterocycles. The third kappa shape index (κ3) is 6.40. The second-order valence-electron chi connectivity index (χ2n) is 3.42. The number of carbonyl (C=O) groups excluding carboxylic acids is 3. The number of rotatable bonds is 4. The van der Waals surface area contributed by atoms with Crippen molar-refractivity contribution in [1.82, 2.24) is 5.32 Å². The number of imide groups is 1. The first-order chi connectivity index (χ1) is 9.51. The van der Waals surface area contributed by atoms with E-state index in [4.69, 9.17) is 11.6 Å². The van der Waals surface area contributed by atoms with E-state index in [1.165, 1.54) is 0 Å². The fourth-order valence-corrected chi connectivity index (χ4v) is 1.88. The van der Waals surface area contributed by atoms with Crippen LogP contribution in [0.15, 0.2) is 41.3 Å². The Morgan fingerprint density at radius 3 is 2.50 bits per heavy atom. The zero-order valence-electron chi connectivity index (χ0n) is 10.6. The van der Waals surface area contributed by atoms with Crippen molar-refractivity contribution < 1.29 is 19.1 Å². The molecule has 0 radical (unpaired) electrons. The molecule has 1 N–H and O–H groups in total. The number of thioether (sulfide) groups is 1. The molecule has 0 fully saturated rings. The minimum Gasteiger partial charge on any atom is -0.463 e. The van der Waals surface area contributed by atoms with E-state index in [-0.39, 0.29) is 6.61 Å². The van der Waals surface area contributed by atoms with Crippen LogP contribution in [0.25, 0.3) is 0 Å². The molecule has 0 saturated carbocycles. The molecule has 0 atom stereocenters. The van der Waals surface area contributed by atoms with Crippen LogP contribution in [-0.4, -0.2) is 23.7 Å². The van der Waals surface area contributed by atoms with Gasteiger partial charge < -0.3 is 4.74 Å². The Morgan fingerprint density at radius 2 is 1.90 bits per heavy atom. The predicted molar refractivity (Wildman–Crippen MR) is 76.6 cm³/mol. The first-order valence-electron chi connectivity index (χ1n) is 5.64. The molecule has 20 heavy (non-hydrogen) atoms. The topological polar surface area (TPSA) is 72.5 Å². The van der Waals surface area contributed by atoms with Gasteiger partial charge in [0.1, 0.15) is 0 Å². The van der Waals surface area contributed by atoms with E-state index < -0.39 is 17.1 Å². The molecule has 7 heteroatoms. The standard InChI is InChI=1S/C13H12ClNO4S/c1-2-19-12(17)8-7-11(16)15-13(18)20-10-5-3-9(14)4-6-10/h3-8H,2H2,1H3,(H,15,16,18)/b8-7+. The normalized spacial score (nSPS) is 10.3. The van der Waals surface area contributed by atoms with Gasteiger partial charge >= 0.3 is 5.97 Å². The average molecular weight is 314 g/mol. The SMILES string of the molecule is CCOC(=O)/C=C/C(=O)NC(=O)Sc1ccc(Cl)cc1. The molecule has 0 heterocycles. The van der Waals surface area contributed by atoms with Gasteiger partial charge in [-0.05, 0) is 43.0 Å². The number of halogens is 1. The summed E-state index contributed by atoms with van der Waals surface area (Å²) in [4.78, 5) is 34.5. The van der Waals surface area contributed by atoms with Crippen molar-refractivity contribution in [1.29, 1.82) is 0 Å². The third-order valence-electron chi connectivity index (χ3n) is 1.91. The summed E-state index contributed by atoms with van der Waals surface area (Å²) in [7, 11) is 0. The number of benzene rings is 1. The van der Waals surface area contributed by atoms with E-state index >= 15 is 0 Å². The zero-order valence-corrected chi connectivity index (χ0v) is 12.2. The Morgan fingerprint density at radius 1 is 1.25 bits per heavy atom. The molecule has 0 aliphatic carbocycles. The molecule has 0 aromatic heterocycles. The molecule has 1 aromatic rings. The molecule has 106 valence electrons. The van der Waals surface area contributed by atoms with Gasteiger partial charge in [-0.15, -0.1) is 0 Å². The highest BCUT2D eigenvalue weighted by atomic mass is 35.5. The second kappa shape index (κ2) is 8.39. The van der Waals surface area contributed by atoms with E-state index in [9.17, 15) is 14.4 Å². The summed E-state index contributed by atoms with van der Waals surface area (Å²) >= 11 is 6.56. The molecule has 1 aromatic carbocycles. The summed E-state index contributed by atoms with van der Waals surface area (Å²) in [6, 6.07) is 6.59. The van der Waals surface area contributed by atoms with Crippen molar-refractivity contribution in [3.63, 3.8) is 0 Å². The maximum absolute atomic E-state index is 11.5. The Bertz CT molecular complexity index is 528. The highest BCUT2D eigenvalue weighted by Crippen LogP contribution is 2.20. The average Bonchev–Trinajstić information content (AvgIpc) is 2.39. The molecule has 0 aliphatic heterocycles. The van der Waals surface area contributed by atoms with Gasteiger partial charge in [0.15, 0.2) is 0 Å². The van der Waals surface area contributed by atoms with Crippen LogP contribution in [0.4, 0.5) is 4.79 Å². The van der Waals surface area contributed by atoms with E-state index in [0.29, 0.717) is 9.92 Å². The number of esters is 1. The van der Waals surface area contributed by atoms with Crippen LogP contribution >= 0.6 is 23.4 Å². The summed E-state index contributed by atoms with van der Waals surface area (Å²) in [6.07, 6.45) is 1.90. The zero-order chi connectivity index (χ0) is 15.0. The van der Waals surface area contributed by atoms with Crippen LogP contribution in [0.5, 0.6) is 0 Å². The maximum Gasteiger partial charge on any atom is 0.330 e. The first kappa shape index (κ1) is 16.3. The summed E-state index contributed by atoms with van der Waals surface area (Å²) in [5, 5.41) is 2.11. The second-order valence-corrected chi connectivity index (χ2v) is 4.90. The lowest BCUT2D eigenvalue weighted by Crippen LogP contribution is -2.25. The summed E-state index contributed by atoms with van der Waals surface area (Å²) in [5.74, 6) is -1.33. The van der Waals surface area contributed by atoms with Crippen molar-refractivity contribution >= 4 is 40.5 Å². The van der Waals surface area contributed by atoms with Crippen molar-refractivity contribution in [2.75, 3.05) is 6.61 Å². The van der Waals surface area contributed by atoms with Crippen LogP contribution in [0, 0.1) is 0 Å². The Labute approximate surface area is 125 Å². The van der Waals surface area contributed by atoms with Gasteiger partial charge in [-0.2, -0.15) is 0 Å². The van der Waals surface area contributed by atoms with Crippen LogP contribution in [0.1, 0.15) is 6.92 Å². The molecular weight excluding hydrogens is 302 g/mol. The number of carbonyl (C=O) groups is 3. The smallest absolute Gasteiger partial charge is 0.330 e. The third-order valence-corrected chi connectivity index (χ3v) is 2.95. The molecule has 1 rings (SSSR count). The predicted octanol–water partition coefficient (Wildman–Crippen LogP) is 2.79. The van der Waals surface area contributed by atoms with Crippen LogP contribution in [-0.2, 0) is 14.3 Å². The number of nitrogens with one attached hydrogen (secondary N) is 1. The van der Waals surface area contributed by atoms with E-state index in [2.05, 4.69) is 10.1 Å². The van der Waals surface area contributed by atoms with Crippen LogP contribution in [0.3, 0.4) is 0 Å². The van der Waals surface area contributed by atoms with Crippen molar-refractivity contribution in [2.45, 2.75) is 11.8 Å². The molecule has 0 unspecified atom stereocenters. The minimum absolute atomic E-state index is 0.218. The summed E-state index contributed by atoms with van der Waals surface area (Å²) < 4.78 is 4.60. The van der Waals surface area contributed by atoms with E-state index in [1.807, 2.05) is 0 Å². The van der Waals surface area contributed by atoms with Gasteiger partial charge in [0.05, 0.1) is 6.61 Å². The van der Waals surface area contributed by atoms with Gasteiger partial charge in [-0.3, -0.25) is 14.9 Å². The largest absolute Gasteiger partial charge is 0.463 e. The first-order valence-corrected chi connectivity index (χ1v) is 6.84. The fourth-order valence-electron chi connectivity index (χ4n) is 1.11. The fraction of sp³-hybridized carbons (Fsp3) is 0.154. The highest BCUT2D eigenvalue weighted by molar-refractivity contribution is 8.13. The van der Waals surface area contributed by atoms with Crippen molar-refractivity contribution in [3.05, 3.63) is 41.4 Å². The lowest BCUT2D eigenvalue weighted by Gasteiger charge is -2.01. The van der Waals surface area contributed by atoms with Crippen LogP contribution < -0.4 is 5.32 Å². The molecule has 0 bridgehead atoms. The maximum atomic E-state index is 11.5. The quantitative estimate of drug-likeness (QED) is 0.525. The monoisotopic (exact) mass is 313 g/mol. The van der Waals surface area contributed by atoms with Crippen molar-refractivity contribution in [2.24, 2.45) is 0 Å². The number of hydrogen-bond donors (Lipinski definition) is 1. The summed E-state index contributed by atoms with van der Waals surface area (Å²) in [5.41, 5.74) is 0. The Kier molecular flexibility index (Phi) is 6.83.